The number of allylic oxidation sites excluding steroid dienone is 2. The van der Waals surface area contributed by atoms with Crippen LogP contribution in [0.4, 0.5) is 0 Å². The number of nitrogens with one attached hydrogen (secondary N) is 1. The van der Waals surface area contributed by atoms with E-state index in [0.29, 0.717) is 25.9 Å². The van der Waals surface area contributed by atoms with Crippen molar-refractivity contribution in [2.24, 2.45) is 0 Å². The Labute approximate surface area is 514 Å². The first kappa shape index (κ1) is 80.6. The summed E-state index contributed by atoms with van der Waals surface area (Å²) in [6, 6.07) is -0.540. The molecule has 0 radical (unpaired) electrons. The second-order valence-corrected chi connectivity index (χ2v) is 26.3. The van der Waals surface area contributed by atoms with Crippen LogP contribution in [0.5, 0.6) is 0 Å². The lowest BCUT2D eigenvalue weighted by atomic mass is 10.0. The van der Waals surface area contributed by atoms with Gasteiger partial charge in [0.2, 0.25) is 5.91 Å². The van der Waals surface area contributed by atoms with Crippen LogP contribution in [0.15, 0.2) is 12.2 Å². The van der Waals surface area contributed by atoms with Crippen LogP contribution in [0.2, 0.25) is 0 Å². The zero-order valence-corrected chi connectivity index (χ0v) is 56.0. The highest BCUT2D eigenvalue weighted by Crippen LogP contribution is 2.20. The van der Waals surface area contributed by atoms with Gasteiger partial charge in [-0.15, -0.1) is 0 Å². The molecule has 0 aliphatic carbocycles. The Morgan fingerprint density at radius 3 is 0.866 bits per heavy atom. The summed E-state index contributed by atoms with van der Waals surface area (Å²) in [6.45, 7) is 4.99. The molecule has 0 aromatic carbocycles. The molecule has 0 aliphatic heterocycles. The van der Waals surface area contributed by atoms with E-state index in [9.17, 15) is 19.8 Å². The number of unbranched alkanes of at least 4 members (excludes halogenated alkanes) is 59. The van der Waals surface area contributed by atoms with Gasteiger partial charge in [0, 0.05) is 12.8 Å². The molecule has 1 amide bonds. The minimum absolute atomic E-state index is 0.0115. The summed E-state index contributed by atoms with van der Waals surface area (Å²) < 4.78 is 5.49. The summed E-state index contributed by atoms with van der Waals surface area (Å²) in [5.74, 6) is -0.0146. The first-order valence-corrected chi connectivity index (χ1v) is 37.9. The SMILES string of the molecule is CCCCCCC/C=C\CCCCCCCC(=O)OCCCCCCCCCCCCCCCCCCCCCCCCCCCCCCC(=O)NC(CO)C(O)CCCCCCCCCCCCCCCCCCCCCCCCC. The molecule has 82 heavy (non-hydrogen) atoms. The highest BCUT2D eigenvalue weighted by atomic mass is 16.5. The molecule has 2 atom stereocenters. The van der Waals surface area contributed by atoms with Gasteiger partial charge in [0.1, 0.15) is 0 Å². The monoisotopic (exact) mass is 1160 g/mol. The summed E-state index contributed by atoms with van der Waals surface area (Å²) in [5, 5.41) is 23.5. The van der Waals surface area contributed by atoms with Crippen molar-refractivity contribution in [2.75, 3.05) is 13.2 Å². The van der Waals surface area contributed by atoms with E-state index in [0.717, 1.165) is 44.9 Å². The predicted molar refractivity (Wildman–Crippen MR) is 361 cm³/mol. The van der Waals surface area contributed by atoms with Gasteiger partial charge in [0.15, 0.2) is 0 Å². The standard InChI is InChI=1S/C76H149NO5/c1-3-5-7-9-11-13-15-17-19-20-21-22-29-32-35-38-41-44-48-52-56-60-64-68-74(79)73(72-78)77-75(80)69-65-61-57-53-49-45-42-39-36-33-30-27-25-23-24-26-28-31-34-37-40-43-47-51-55-59-63-67-71-82-76(81)70-66-62-58-54-50-46-18-16-14-12-10-8-6-4-2/h16,18,73-74,78-79H,3-15,17,19-72H2,1-2H3,(H,77,80)/b18-16-. The lowest BCUT2D eigenvalue weighted by Gasteiger charge is -2.22. The fraction of sp³-hybridized carbons (Fsp3) is 0.947. The fourth-order valence-electron chi connectivity index (χ4n) is 12.3. The van der Waals surface area contributed by atoms with Crippen molar-refractivity contribution < 1.29 is 24.5 Å². The zero-order valence-electron chi connectivity index (χ0n) is 56.0. The highest BCUT2D eigenvalue weighted by Gasteiger charge is 2.20. The number of amides is 1. The molecule has 0 fully saturated rings. The third-order valence-corrected chi connectivity index (χ3v) is 18.1. The molecule has 0 spiro atoms. The first-order chi connectivity index (χ1) is 40.5. The van der Waals surface area contributed by atoms with Crippen LogP contribution < -0.4 is 5.32 Å². The van der Waals surface area contributed by atoms with E-state index in [1.165, 1.54) is 360 Å². The second kappa shape index (κ2) is 72.1. The number of hydrogen-bond acceptors (Lipinski definition) is 5. The van der Waals surface area contributed by atoms with Crippen LogP contribution in [-0.4, -0.2) is 47.4 Å². The minimum Gasteiger partial charge on any atom is -0.466 e. The second-order valence-electron chi connectivity index (χ2n) is 26.3. The van der Waals surface area contributed by atoms with Crippen molar-refractivity contribution in [3.8, 4) is 0 Å². The maximum absolute atomic E-state index is 12.6. The largest absolute Gasteiger partial charge is 0.466 e. The maximum Gasteiger partial charge on any atom is 0.305 e. The van der Waals surface area contributed by atoms with Crippen molar-refractivity contribution in [2.45, 2.75) is 450 Å². The Balaban J connectivity index is 3.34. The number of ether oxygens (including phenoxy) is 1. The highest BCUT2D eigenvalue weighted by molar-refractivity contribution is 5.76. The van der Waals surface area contributed by atoms with Crippen molar-refractivity contribution in [3.63, 3.8) is 0 Å². The van der Waals surface area contributed by atoms with Crippen molar-refractivity contribution in [1.82, 2.24) is 5.32 Å². The average molecular weight is 1160 g/mol. The van der Waals surface area contributed by atoms with E-state index in [4.69, 9.17) is 4.74 Å². The predicted octanol–water partition coefficient (Wildman–Crippen LogP) is 24.7. The molecule has 2 unspecified atom stereocenters. The van der Waals surface area contributed by atoms with Gasteiger partial charge in [-0.25, -0.2) is 0 Å². The molecular weight excluding hydrogens is 1010 g/mol. The summed E-state index contributed by atoms with van der Waals surface area (Å²) in [4.78, 5) is 24.6. The molecule has 6 nitrogen and oxygen atoms in total. The van der Waals surface area contributed by atoms with Gasteiger partial charge >= 0.3 is 5.97 Å². The molecular formula is C76H149NO5. The van der Waals surface area contributed by atoms with Crippen molar-refractivity contribution >= 4 is 11.9 Å². The molecule has 0 aromatic heterocycles. The van der Waals surface area contributed by atoms with Crippen LogP contribution >= 0.6 is 0 Å². The van der Waals surface area contributed by atoms with Gasteiger partial charge in [-0.3, -0.25) is 9.59 Å². The van der Waals surface area contributed by atoms with E-state index in [-0.39, 0.29) is 18.5 Å². The van der Waals surface area contributed by atoms with Crippen LogP contribution in [0.1, 0.15) is 438 Å². The number of carbonyl (C=O) groups excluding carboxylic acids is 2. The lowest BCUT2D eigenvalue weighted by Crippen LogP contribution is -2.45. The lowest BCUT2D eigenvalue weighted by molar-refractivity contribution is -0.143. The number of esters is 1. The van der Waals surface area contributed by atoms with Crippen molar-refractivity contribution in [1.29, 1.82) is 0 Å². The fourth-order valence-corrected chi connectivity index (χ4v) is 12.3. The maximum atomic E-state index is 12.6. The number of carbonyl (C=O) groups is 2. The molecule has 3 N–H and O–H groups in total. The van der Waals surface area contributed by atoms with Gasteiger partial charge in [0.05, 0.1) is 25.4 Å². The molecule has 0 saturated heterocycles. The Bertz CT molecular complexity index is 1240. The third-order valence-electron chi connectivity index (χ3n) is 18.1. The van der Waals surface area contributed by atoms with E-state index >= 15 is 0 Å². The number of rotatable bonds is 72. The van der Waals surface area contributed by atoms with Gasteiger partial charge < -0.3 is 20.3 Å². The molecule has 6 heteroatoms. The van der Waals surface area contributed by atoms with Gasteiger partial charge in [-0.05, 0) is 51.4 Å². The Hall–Kier alpha value is -1.40. The summed E-state index contributed by atoms with van der Waals surface area (Å²) in [5.41, 5.74) is 0. The first-order valence-electron chi connectivity index (χ1n) is 37.9. The summed E-state index contributed by atoms with van der Waals surface area (Å²) >= 11 is 0. The molecule has 0 saturated carbocycles. The Morgan fingerprint density at radius 2 is 0.573 bits per heavy atom. The van der Waals surface area contributed by atoms with Crippen molar-refractivity contribution in [3.05, 3.63) is 12.2 Å². The van der Waals surface area contributed by atoms with Gasteiger partial charge in [-0.2, -0.15) is 0 Å². The topological polar surface area (TPSA) is 95.9 Å². The number of aliphatic hydroxyl groups excluding tert-OH is 2. The van der Waals surface area contributed by atoms with Gasteiger partial charge in [0.25, 0.3) is 0 Å². The van der Waals surface area contributed by atoms with E-state index in [1.54, 1.807) is 0 Å². The molecule has 0 bridgehead atoms. The number of hydrogen-bond donors (Lipinski definition) is 3. The van der Waals surface area contributed by atoms with Crippen LogP contribution in [0.25, 0.3) is 0 Å². The van der Waals surface area contributed by atoms with Gasteiger partial charge in [-0.1, -0.05) is 386 Å². The Morgan fingerprint density at radius 1 is 0.329 bits per heavy atom. The molecule has 0 aromatic rings. The van der Waals surface area contributed by atoms with E-state index in [2.05, 4.69) is 31.3 Å². The number of aliphatic hydroxyl groups is 2. The van der Waals surface area contributed by atoms with E-state index in [1.807, 2.05) is 0 Å². The molecule has 488 valence electrons. The normalized spacial score (nSPS) is 12.5. The third kappa shape index (κ3) is 67.7. The molecule has 0 aliphatic rings. The van der Waals surface area contributed by atoms with Crippen LogP contribution in [0, 0.1) is 0 Å². The molecule has 0 rings (SSSR count). The van der Waals surface area contributed by atoms with Crippen LogP contribution in [0.3, 0.4) is 0 Å². The Kier molecular flexibility index (Phi) is 70.8. The quantitative estimate of drug-likeness (QED) is 0.0320. The average Bonchev–Trinajstić information content (AvgIpc) is 3.48. The van der Waals surface area contributed by atoms with Crippen LogP contribution in [-0.2, 0) is 14.3 Å². The van der Waals surface area contributed by atoms with E-state index < -0.39 is 12.1 Å². The summed E-state index contributed by atoms with van der Waals surface area (Å²) in [7, 11) is 0. The summed E-state index contributed by atoms with van der Waals surface area (Å²) in [6.07, 6.45) is 90.0. The molecule has 0 heterocycles. The smallest absolute Gasteiger partial charge is 0.305 e. The minimum atomic E-state index is -0.663. The zero-order chi connectivity index (χ0) is 59.2.